The Hall–Kier alpha value is -2.30. The van der Waals surface area contributed by atoms with Crippen LogP contribution in [-0.4, -0.2) is 20.8 Å². The van der Waals surface area contributed by atoms with Crippen LogP contribution in [0.5, 0.6) is 0 Å². The molecule has 0 aliphatic carbocycles. The molecule has 18 heavy (non-hydrogen) atoms. The van der Waals surface area contributed by atoms with E-state index in [4.69, 9.17) is 10.9 Å². The van der Waals surface area contributed by atoms with Crippen molar-refractivity contribution in [2.45, 2.75) is 20.8 Å². The Morgan fingerprint density at radius 1 is 1.22 bits per heavy atom. The van der Waals surface area contributed by atoms with Crippen molar-refractivity contribution in [1.29, 1.82) is 0 Å². The van der Waals surface area contributed by atoms with Crippen LogP contribution in [-0.2, 0) is 0 Å². The Bertz CT molecular complexity index is 596. The summed E-state index contributed by atoms with van der Waals surface area (Å²) >= 11 is 0. The standard InChI is InChI=1S/C13H16N4O/c1-8-9(2)15-17(10(8)3)12-6-4-11(5-7-12)13(14)16-18/h4-7,18H,1-3H3,(H2,14,16). The van der Waals surface area contributed by atoms with Crippen LogP contribution in [0.25, 0.3) is 5.69 Å². The van der Waals surface area contributed by atoms with Gasteiger partial charge in [0.05, 0.1) is 11.4 Å². The van der Waals surface area contributed by atoms with E-state index >= 15 is 0 Å². The van der Waals surface area contributed by atoms with Crippen LogP contribution >= 0.6 is 0 Å². The van der Waals surface area contributed by atoms with Gasteiger partial charge in [0.15, 0.2) is 5.84 Å². The molecule has 94 valence electrons. The summed E-state index contributed by atoms with van der Waals surface area (Å²) in [6.45, 7) is 6.08. The fourth-order valence-corrected chi connectivity index (χ4v) is 1.80. The molecule has 0 fully saturated rings. The van der Waals surface area contributed by atoms with Gasteiger partial charge in [-0.1, -0.05) is 5.16 Å². The van der Waals surface area contributed by atoms with Crippen molar-refractivity contribution in [2.75, 3.05) is 0 Å². The summed E-state index contributed by atoms with van der Waals surface area (Å²) < 4.78 is 1.89. The van der Waals surface area contributed by atoms with Crippen molar-refractivity contribution < 1.29 is 5.21 Å². The van der Waals surface area contributed by atoms with Gasteiger partial charge in [-0.15, -0.1) is 0 Å². The molecule has 0 unspecified atom stereocenters. The summed E-state index contributed by atoms with van der Waals surface area (Å²) in [6.07, 6.45) is 0. The number of rotatable bonds is 2. The minimum absolute atomic E-state index is 0.103. The molecule has 5 nitrogen and oxygen atoms in total. The lowest BCUT2D eigenvalue weighted by molar-refractivity contribution is 0.318. The minimum Gasteiger partial charge on any atom is -0.409 e. The number of benzene rings is 1. The lowest BCUT2D eigenvalue weighted by Gasteiger charge is -2.05. The normalized spacial score (nSPS) is 11.8. The first-order valence-electron chi connectivity index (χ1n) is 5.65. The van der Waals surface area contributed by atoms with E-state index in [1.165, 1.54) is 5.56 Å². The van der Waals surface area contributed by atoms with E-state index in [1.807, 2.05) is 30.7 Å². The smallest absolute Gasteiger partial charge is 0.170 e. The molecule has 3 N–H and O–H groups in total. The molecule has 0 radical (unpaired) electrons. The van der Waals surface area contributed by atoms with Gasteiger partial charge in [-0.3, -0.25) is 0 Å². The van der Waals surface area contributed by atoms with Gasteiger partial charge in [-0.2, -0.15) is 5.10 Å². The number of hydrogen-bond donors (Lipinski definition) is 2. The van der Waals surface area contributed by atoms with Crippen molar-refractivity contribution in [3.63, 3.8) is 0 Å². The zero-order valence-corrected chi connectivity index (χ0v) is 10.7. The van der Waals surface area contributed by atoms with E-state index in [1.54, 1.807) is 12.1 Å². The third-order valence-electron chi connectivity index (χ3n) is 3.17. The minimum atomic E-state index is 0.103. The zero-order chi connectivity index (χ0) is 13.3. The summed E-state index contributed by atoms with van der Waals surface area (Å²) in [5, 5.41) is 16.1. The second-order valence-electron chi connectivity index (χ2n) is 4.24. The van der Waals surface area contributed by atoms with Gasteiger partial charge in [-0.05, 0) is 50.6 Å². The van der Waals surface area contributed by atoms with E-state index in [0.29, 0.717) is 5.56 Å². The van der Waals surface area contributed by atoms with Gasteiger partial charge in [0.2, 0.25) is 0 Å². The first-order chi connectivity index (χ1) is 8.54. The van der Waals surface area contributed by atoms with Gasteiger partial charge in [0.1, 0.15) is 0 Å². The van der Waals surface area contributed by atoms with Gasteiger partial charge in [0, 0.05) is 11.3 Å². The molecule has 0 spiro atoms. The monoisotopic (exact) mass is 244 g/mol. The van der Waals surface area contributed by atoms with Crippen LogP contribution in [0.15, 0.2) is 29.4 Å². The Kier molecular flexibility index (Phi) is 3.06. The molecule has 0 atom stereocenters. The highest BCUT2D eigenvalue weighted by Gasteiger charge is 2.09. The summed E-state index contributed by atoms with van der Waals surface area (Å²) in [5.41, 5.74) is 10.5. The van der Waals surface area contributed by atoms with Gasteiger partial charge in [-0.25, -0.2) is 4.68 Å². The number of nitrogens with zero attached hydrogens (tertiary/aromatic N) is 3. The van der Waals surface area contributed by atoms with E-state index in [2.05, 4.69) is 17.2 Å². The van der Waals surface area contributed by atoms with Gasteiger partial charge < -0.3 is 10.9 Å². The van der Waals surface area contributed by atoms with Crippen molar-refractivity contribution in [2.24, 2.45) is 10.9 Å². The highest BCUT2D eigenvalue weighted by molar-refractivity contribution is 5.97. The molecule has 1 heterocycles. The molecule has 0 saturated heterocycles. The molecular formula is C13H16N4O. The highest BCUT2D eigenvalue weighted by atomic mass is 16.4. The average Bonchev–Trinajstić information content (AvgIpc) is 2.66. The molecule has 1 aromatic carbocycles. The number of amidine groups is 1. The molecule has 0 amide bonds. The van der Waals surface area contributed by atoms with E-state index in [9.17, 15) is 0 Å². The molecular weight excluding hydrogens is 228 g/mol. The number of aromatic nitrogens is 2. The van der Waals surface area contributed by atoms with Gasteiger partial charge in [0.25, 0.3) is 0 Å². The fourth-order valence-electron chi connectivity index (χ4n) is 1.80. The maximum absolute atomic E-state index is 8.60. The highest BCUT2D eigenvalue weighted by Crippen LogP contribution is 2.17. The quantitative estimate of drug-likeness (QED) is 0.366. The molecule has 5 heteroatoms. The number of oxime groups is 1. The third-order valence-corrected chi connectivity index (χ3v) is 3.17. The largest absolute Gasteiger partial charge is 0.409 e. The van der Waals surface area contributed by atoms with Crippen LogP contribution < -0.4 is 5.73 Å². The van der Waals surface area contributed by atoms with Crippen LogP contribution in [0, 0.1) is 20.8 Å². The fraction of sp³-hybridized carbons (Fsp3) is 0.231. The Balaban J connectivity index is 2.43. The van der Waals surface area contributed by atoms with Crippen molar-refractivity contribution in [1.82, 2.24) is 9.78 Å². The third kappa shape index (κ3) is 1.95. The van der Waals surface area contributed by atoms with Crippen LogP contribution in [0.4, 0.5) is 0 Å². The van der Waals surface area contributed by atoms with E-state index in [-0.39, 0.29) is 5.84 Å². The van der Waals surface area contributed by atoms with E-state index < -0.39 is 0 Å². The second kappa shape index (κ2) is 4.52. The average molecular weight is 244 g/mol. The Morgan fingerprint density at radius 2 is 1.83 bits per heavy atom. The SMILES string of the molecule is Cc1nn(-c2ccc(/C(N)=N/O)cc2)c(C)c1C. The predicted molar refractivity (Wildman–Crippen MR) is 70.3 cm³/mol. The molecule has 2 rings (SSSR count). The Labute approximate surface area is 106 Å². The van der Waals surface area contributed by atoms with Crippen LogP contribution in [0.2, 0.25) is 0 Å². The van der Waals surface area contributed by atoms with Crippen LogP contribution in [0.1, 0.15) is 22.5 Å². The van der Waals surface area contributed by atoms with Crippen LogP contribution in [0.3, 0.4) is 0 Å². The number of aryl methyl sites for hydroxylation is 1. The first-order valence-corrected chi connectivity index (χ1v) is 5.65. The molecule has 0 aliphatic heterocycles. The molecule has 0 bridgehead atoms. The predicted octanol–water partition coefficient (Wildman–Crippen LogP) is 1.89. The summed E-state index contributed by atoms with van der Waals surface area (Å²) in [7, 11) is 0. The van der Waals surface area contributed by atoms with Gasteiger partial charge >= 0.3 is 0 Å². The Morgan fingerprint density at radius 3 is 2.28 bits per heavy atom. The topological polar surface area (TPSA) is 76.4 Å². The zero-order valence-electron chi connectivity index (χ0n) is 10.7. The number of hydrogen-bond acceptors (Lipinski definition) is 3. The summed E-state index contributed by atoms with van der Waals surface area (Å²) in [5.74, 6) is 0.103. The second-order valence-corrected chi connectivity index (χ2v) is 4.24. The van der Waals surface area contributed by atoms with Crippen molar-refractivity contribution in [3.05, 3.63) is 46.8 Å². The number of nitrogens with two attached hydrogens (primary N) is 1. The van der Waals surface area contributed by atoms with Crippen molar-refractivity contribution >= 4 is 5.84 Å². The van der Waals surface area contributed by atoms with Crippen molar-refractivity contribution in [3.8, 4) is 5.69 Å². The maximum atomic E-state index is 8.60. The lowest BCUT2D eigenvalue weighted by atomic mass is 10.2. The first kappa shape index (κ1) is 12.2. The molecule has 1 aromatic heterocycles. The molecule has 0 aliphatic rings. The summed E-state index contributed by atoms with van der Waals surface area (Å²) in [6, 6.07) is 7.39. The lowest BCUT2D eigenvalue weighted by Crippen LogP contribution is -2.13. The molecule has 0 saturated carbocycles. The maximum Gasteiger partial charge on any atom is 0.170 e. The van der Waals surface area contributed by atoms with E-state index in [0.717, 1.165) is 17.1 Å². The summed E-state index contributed by atoms with van der Waals surface area (Å²) in [4.78, 5) is 0. The molecule has 2 aromatic rings.